The number of likely N-dealkylation sites (N-methyl/N-ethyl adjacent to an activating group) is 1. The van der Waals surface area contributed by atoms with Crippen LogP contribution < -0.4 is 5.73 Å². The molecule has 3 heteroatoms. The Morgan fingerprint density at radius 2 is 2.14 bits per heavy atom. The van der Waals surface area contributed by atoms with Crippen LogP contribution >= 0.6 is 0 Å². The van der Waals surface area contributed by atoms with Crippen molar-refractivity contribution in [2.24, 2.45) is 11.7 Å². The van der Waals surface area contributed by atoms with Crippen LogP contribution in [0.3, 0.4) is 0 Å². The molecule has 0 amide bonds. The largest absolute Gasteiger partial charge is 0.327 e. The highest BCUT2D eigenvalue weighted by atomic mass is 15.2. The summed E-state index contributed by atoms with van der Waals surface area (Å²) in [5.41, 5.74) is 6.68. The second-order valence-corrected chi connectivity index (χ2v) is 4.66. The molecule has 1 aliphatic heterocycles. The predicted octanol–water partition coefficient (Wildman–Crippen LogP) is 0.383. The molecule has 1 heterocycles. The maximum atomic E-state index is 5.54. The quantitative estimate of drug-likeness (QED) is 0.662. The van der Waals surface area contributed by atoms with Crippen LogP contribution in [0.2, 0.25) is 0 Å². The number of nitrogens with zero attached hydrogens (tertiary/aromatic N) is 2. The topological polar surface area (TPSA) is 32.5 Å². The summed E-state index contributed by atoms with van der Waals surface area (Å²) >= 11 is 0. The summed E-state index contributed by atoms with van der Waals surface area (Å²) in [5.74, 6) is 0.746. The Morgan fingerprint density at radius 1 is 1.50 bits per heavy atom. The highest BCUT2D eigenvalue weighted by Gasteiger charge is 2.30. The molecule has 0 aromatic rings. The molecular weight excluding hydrogens is 174 g/mol. The maximum Gasteiger partial charge on any atom is 0.0254 e. The lowest BCUT2D eigenvalue weighted by Crippen LogP contribution is -2.34. The first-order valence-electron chi connectivity index (χ1n) is 5.30. The number of hydrogen-bond acceptors (Lipinski definition) is 3. The first-order valence-corrected chi connectivity index (χ1v) is 5.30. The monoisotopic (exact) mass is 197 g/mol. The summed E-state index contributed by atoms with van der Waals surface area (Å²) < 4.78 is 0. The second-order valence-electron chi connectivity index (χ2n) is 4.66. The minimum absolute atomic E-state index is 0.609. The minimum atomic E-state index is 0.609. The Labute approximate surface area is 87.6 Å². The molecule has 0 bridgehead atoms. The fourth-order valence-corrected chi connectivity index (χ4v) is 2.23. The number of likely N-dealkylation sites (tertiary alicyclic amines) is 1. The average molecular weight is 197 g/mol. The maximum absolute atomic E-state index is 5.54. The zero-order valence-corrected chi connectivity index (χ0v) is 9.66. The van der Waals surface area contributed by atoms with Gasteiger partial charge in [-0.2, -0.15) is 0 Å². The van der Waals surface area contributed by atoms with Gasteiger partial charge in [-0.25, -0.2) is 0 Å². The van der Waals surface area contributed by atoms with Crippen LogP contribution in [0.4, 0.5) is 0 Å². The fraction of sp³-hybridized carbons (Fsp3) is 0.818. The van der Waals surface area contributed by atoms with Crippen LogP contribution in [-0.2, 0) is 0 Å². The highest BCUT2D eigenvalue weighted by molar-refractivity contribution is 5.01. The summed E-state index contributed by atoms with van der Waals surface area (Å²) in [6.45, 7) is 10.2. The first kappa shape index (κ1) is 11.7. The molecule has 2 N–H and O–H groups in total. The van der Waals surface area contributed by atoms with Gasteiger partial charge in [-0.3, -0.25) is 4.90 Å². The Balaban J connectivity index is 2.42. The van der Waals surface area contributed by atoms with E-state index in [1.54, 1.807) is 0 Å². The molecule has 0 spiro atoms. The molecule has 1 rings (SSSR count). The second kappa shape index (κ2) is 4.91. The van der Waals surface area contributed by atoms with Gasteiger partial charge in [0.2, 0.25) is 0 Å². The van der Waals surface area contributed by atoms with Crippen molar-refractivity contribution < 1.29 is 0 Å². The Bertz CT molecular complexity index is 201. The van der Waals surface area contributed by atoms with Crippen LogP contribution in [0.5, 0.6) is 0 Å². The summed E-state index contributed by atoms with van der Waals surface area (Å²) in [6, 6.07) is 0.681. The lowest BCUT2D eigenvalue weighted by Gasteiger charge is -2.22. The highest BCUT2D eigenvalue weighted by Crippen LogP contribution is 2.20. The Kier molecular flexibility index (Phi) is 4.11. The van der Waals surface area contributed by atoms with Crippen molar-refractivity contribution in [2.45, 2.75) is 13.0 Å². The van der Waals surface area contributed by atoms with Crippen LogP contribution in [-0.4, -0.2) is 56.1 Å². The standard InChI is InChI=1S/C11H23N3/c1-9(5-12)6-14-7-10(2)11(8-14)13(3)4/h10-11H,1,5-8,12H2,2-4H3. The molecule has 1 fully saturated rings. The van der Waals surface area contributed by atoms with Crippen LogP contribution in [0.25, 0.3) is 0 Å². The molecule has 0 aromatic carbocycles. The van der Waals surface area contributed by atoms with Gasteiger partial charge in [-0.15, -0.1) is 0 Å². The van der Waals surface area contributed by atoms with Crippen LogP contribution in [0.15, 0.2) is 12.2 Å². The molecule has 82 valence electrons. The van der Waals surface area contributed by atoms with Gasteiger partial charge in [0.05, 0.1) is 0 Å². The van der Waals surface area contributed by atoms with Crippen molar-refractivity contribution >= 4 is 0 Å². The third-order valence-electron chi connectivity index (χ3n) is 3.05. The minimum Gasteiger partial charge on any atom is -0.327 e. The molecule has 0 aliphatic carbocycles. The van der Waals surface area contributed by atoms with Gasteiger partial charge < -0.3 is 10.6 Å². The van der Waals surface area contributed by atoms with Crippen LogP contribution in [0, 0.1) is 5.92 Å². The number of nitrogens with two attached hydrogens (primary N) is 1. The van der Waals surface area contributed by atoms with Gasteiger partial charge in [0, 0.05) is 32.2 Å². The van der Waals surface area contributed by atoms with Crippen molar-refractivity contribution in [3.05, 3.63) is 12.2 Å². The van der Waals surface area contributed by atoms with Gasteiger partial charge in [-0.05, 0) is 25.6 Å². The van der Waals surface area contributed by atoms with E-state index in [0.29, 0.717) is 12.6 Å². The van der Waals surface area contributed by atoms with E-state index in [0.717, 1.165) is 24.6 Å². The third-order valence-corrected chi connectivity index (χ3v) is 3.05. The normalized spacial score (nSPS) is 28.6. The first-order chi connectivity index (χ1) is 6.54. The molecule has 3 nitrogen and oxygen atoms in total. The van der Waals surface area contributed by atoms with E-state index in [9.17, 15) is 0 Å². The molecule has 1 aliphatic rings. The van der Waals surface area contributed by atoms with Crippen molar-refractivity contribution in [2.75, 3.05) is 40.3 Å². The molecule has 0 radical (unpaired) electrons. The predicted molar refractivity (Wildman–Crippen MR) is 61.3 cm³/mol. The van der Waals surface area contributed by atoms with Crippen molar-refractivity contribution in [3.63, 3.8) is 0 Å². The van der Waals surface area contributed by atoms with Crippen LogP contribution in [0.1, 0.15) is 6.92 Å². The van der Waals surface area contributed by atoms with E-state index in [-0.39, 0.29) is 0 Å². The average Bonchev–Trinajstić information content (AvgIpc) is 2.46. The lowest BCUT2D eigenvalue weighted by molar-refractivity contribution is 0.255. The zero-order chi connectivity index (χ0) is 10.7. The molecule has 1 saturated heterocycles. The van der Waals surface area contributed by atoms with Crippen molar-refractivity contribution in [1.29, 1.82) is 0 Å². The van der Waals surface area contributed by atoms with Gasteiger partial charge in [0.15, 0.2) is 0 Å². The van der Waals surface area contributed by atoms with E-state index in [2.05, 4.69) is 37.4 Å². The molecule has 0 saturated carbocycles. The number of hydrogen-bond donors (Lipinski definition) is 1. The summed E-state index contributed by atoms with van der Waals surface area (Å²) in [5, 5.41) is 0. The third kappa shape index (κ3) is 2.80. The van der Waals surface area contributed by atoms with Gasteiger partial charge >= 0.3 is 0 Å². The van der Waals surface area contributed by atoms with Crippen molar-refractivity contribution in [3.8, 4) is 0 Å². The number of rotatable bonds is 4. The fourth-order valence-electron chi connectivity index (χ4n) is 2.23. The van der Waals surface area contributed by atoms with Crippen molar-refractivity contribution in [1.82, 2.24) is 9.80 Å². The van der Waals surface area contributed by atoms with E-state index >= 15 is 0 Å². The Morgan fingerprint density at radius 3 is 2.57 bits per heavy atom. The van der Waals surface area contributed by atoms with Gasteiger partial charge in [0.25, 0.3) is 0 Å². The van der Waals surface area contributed by atoms with Gasteiger partial charge in [0.1, 0.15) is 0 Å². The lowest BCUT2D eigenvalue weighted by atomic mass is 10.1. The summed E-state index contributed by atoms with van der Waals surface area (Å²) in [6.07, 6.45) is 0. The molecule has 14 heavy (non-hydrogen) atoms. The Hall–Kier alpha value is -0.380. The van der Waals surface area contributed by atoms with E-state index in [1.165, 1.54) is 6.54 Å². The van der Waals surface area contributed by atoms with Gasteiger partial charge in [-0.1, -0.05) is 13.5 Å². The van der Waals surface area contributed by atoms with E-state index in [4.69, 9.17) is 5.73 Å². The SMILES string of the molecule is C=C(CN)CN1CC(C)C(N(C)C)C1. The molecular formula is C11H23N3. The summed E-state index contributed by atoms with van der Waals surface area (Å²) in [7, 11) is 4.31. The molecule has 2 atom stereocenters. The zero-order valence-electron chi connectivity index (χ0n) is 9.66. The van der Waals surface area contributed by atoms with E-state index in [1.807, 2.05) is 0 Å². The molecule has 2 unspecified atom stereocenters. The summed E-state index contributed by atoms with van der Waals surface area (Å²) in [4.78, 5) is 4.76. The molecule has 0 aromatic heterocycles. The van der Waals surface area contributed by atoms with E-state index < -0.39 is 0 Å². The smallest absolute Gasteiger partial charge is 0.0254 e.